The summed E-state index contributed by atoms with van der Waals surface area (Å²) >= 11 is 0. The van der Waals surface area contributed by atoms with Crippen LogP contribution in [-0.4, -0.2) is 52.9 Å². The van der Waals surface area contributed by atoms with Crippen LogP contribution in [-0.2, 0) is 16.2 Å². The third-order valence-electron chi connectivity index (χ3n) is 4.54. The van der Waals surface area contributed by atoms with Crippen molar-refractivity contribution in [3.05, 3.63) is 35.9 Å². The van der Waals surface area contributed by atoms with Gasteiger partial charge in [0.05, 0.1) is 12.1 Å². The fourth-order valence-corrected chi connectivity index (χ4v) is 3.32. The van der Waals surface area contributed by atoms with Gasteiger partial charge in [0.1, 0.15) is 12.2 Å². The van der Waals surface area contributed by atoms with Gasteiger partial charge in [-0.2, -0.15) is 5.06 Å². The SMILES string of the molecule is CC(C)(C)OC(=O)NCC1CC[C@H]2CN1C(=O)N2OCc1ccccc1. The van der Waals surface area contributed by atoms with E-state index in [9.17, 15) is 9.59 Å². The van der Waals surface area contributed by atoms with Crippen LogP contribution in [0.15, 0.2) is 30.3 Å². The molecule has 2 bridgehead atoms. The molecule has 0 spiro atoms. The van der Waals surface area contributed by atoms with Gasteiger partial charge in [-0.15, -0.1) is 0 Å². The molecule has 1 unspecified atom stereocenters. The molecule has 1 aromatic rings. The first-order chi connectivity index (χ1) is 12.3. The molecular weight excluding hydrogens is 334 g/mol. The van der Waals surface area contributed by atoms with Crippen LogP contribution in [0.4, 0.5) is 9.59 Å². The Balaban J connectivity index is 1.52. The van der Waals surface area contributed by atoms with Crippen LogP contribution >= 0.6 is 0 Å². The number of hydrogen-bond acceptors (Lipinski definition) is 4. The molecule has 7 heteroatoms. The van der Waals surface area contributed by atoms with Crippen molar-refractivity contribution < 1.29 is 19.2 Å². The lowest BCUT2D eigenvalue weighted by atomic mass is 10.0. The van der Waals surface area contributed by atoms with E-state index in [0.717, 1.165) is 18.4 Å². The molecule has 26 heavy (non-hydrogen) atoms. The van der Waals surface area contributed by atoms with E-state index in [1.54, 1.807) is 4.90 Å². The third-order valence-corrected chi connectivity index (χ3v) is 4.54. The highest BCUT2D eigenvalue weighted by molar-refractivity contribution is 5.77. The van der Waals surface area contributed by atoms with Crippen LogP contribution < -0.4 is 5.32 Å². The maximum Gasteiger partial charge on any atom is 0.407 e. The molecule has 3 rings (SSSR count). The number of alkyl carbamates (subject to hydrolysis) is 1. The number of fused-ring (bicyclic) bond motifs is 2. The Morgan fingerprint density at radius 1 is 1.23 bits per heavy atom. The summed E-state index contributed by atoms with van der Waals surface area (Å²) in [6.45, 7) is 6.86. The van der Waals surface area contributed by atoms with E-state index in [4.69, 9.17) is 9.57 Å². The van der Waals surface area contributed by atoms with Crippen molar-refractivity contribution >= 4 is 12.1 Å². The van der Waals surface area contributed by atoms with Gasteiger partial charge < -0.3 is 15.0 Å². The van der Waals surface area contributed by atoms with Crippen LogP contribution in [0.2, 0.25) is 0 Å². The highest BCUT2D eigenvalue weighted by Crippen LogP contribution is 2.30. The van der Waals surface area contributed by atoms with Crippen LogP contribution in [0.5, 0.6) is 0 Å². The number of amides is 3. The zero-order chi connectivity index (χ0) is 18.7. The van der Waals surface area contributed by atoms with Crippen molar-refractivity contribution in [3.8, 4) is 0 Å². The smallest absolute Gasteiger partial charge is 0.407 e. The molecule has 1 aromatic carbocycles. The minimum Gasteiger partial charge on any atom is -0.444 e. The number of ether oxygens (including phenoxy) is 1. The highest BCUT2D eigenvalue weighted by Gasteiger charge is 2.45. The standard InChI is InChI=1S/C19H27N3O4/c1-19(2,3)26-17(23)20-11-15-9-10-16-12-21(15)18(24)22(16)25-13-14-7-5-4-6-8-14/h4-8,15-16H,9-13H2,1-3H3,(H,20,23)/t15?,16-/m0/s1. The van der Waals surface area contributed by atoms with Crippen LogP contribution in [0, 0.1) is 0 Å². The Hall–Kier alpha value is -2.28. The number of hydrogen-bond donors (Lipinski definition) is 1. The summed E-state index contributed by atoms with van der Waals surface area (Å²) in [6.07, 6.45) is 1.23. The summed E-state index contributed by atoms with van der Waals surface area (Å²) in [7, 11) is 0. The average Bonchev–Trinajstić information content (AvgIpc) is 2.83. The lowest BCUT2D eigenvalue weighted by molar-refractivity contribution is -0.140. The number of carbonyl (C=O) groups is 2. The summed E-state index contributed by atoms with van der Waals surface area (Å²) in [5.74, 6) is 0. The first kappa shape index (κ1) is 18.5. The summed E-state index contributed by atoms with van der Waals surface area (Å²) < 4.78 is 5.25. The van der Waals surface area contributed by atoms with E-state index in [1.165, 1.54) is 5.06 Å². The normalized spacial score (nSPS) is 22.5. The summed E-state index contributed by atoms with van der Waals surface area (Å²) in [4.78, 5) is 32.1. The number of carbonyl (C=O) groups excluding carboxylic acids is 2. The van der Waals surface area contributed by atoms with Gasteiger partial charge in [-0.3, -0.25) is 4.84 Å². The summed E-state index contributed by atoms with van der Waals surface area (Å²) in [5, 5.41) is 4.27. The zero-order valence-electron chi connectivity index (χ0n) is 15.6. The Kier molecular flexibility index (Phi) is 5.36. The van der Waals surface area contributed by atoms with Crippen molar-refractivity contribution in [1.29, 1.82) is 0 Å². The van der Waals surface area contributed by atoms with E-state index in [2.05, 4.69) is 5.32 Å². The number of urea groups is 1. The van der Waals surface area contributed by atoms with Crippen molar-refractivity contribution in [1.82, 2.24) is 15.3 Å². The van der Waals surface area contributed by atoms with E-state index in [-0.39, 0.29) is 18.1 Å². The second-order valence-corrected chi connectivity index (χ2v) is 7.79. The van der Waals surface area contributed by atoms with Crippen molar-refractivity contribution in [2.75, 3.05) is 13.1 Å². The second kappa shape index (κ2) is 7.53. The molecule has 0 aromatic heterocycles. The number of piperidine rings is 1. The van der Waals surface area contributed by atoms with Gasteiger partial charge >= 0.3 is 12.1 Å². The molecule has 0 radical (unpaired) electrons. The van der Waals surface area contributed by atoms with Crippen LogP contribution in [0.25, 0.3) is 0 Å². The van der Waals surface area contributed by atoms with Crippen molar-refractivity contribution in [2.24, 2.45) is 0 Å². The van der Waals surface area contributed by atoms with Crippen LogP contribution in [0.3, 0.4) is 0 Å². The molecule has 7 nitrogen and oxygen atoms in total. The highest BCUT2D eigenvalue weighted by atomic mass is 16.7. The number of benzene rings is 1. The molecule has 2 heterocycles. The van der Waals surface area contributed by atoms with Gasteiger partial charge in [0.25, 0.3) is 0 Å². The first-order valence-corrected chi connectivity index (χ1v) is 9.07. The van der Waals surface area contributed by atoms with Gasteiger partial charge in [0.15, 0.2) is 0 Å². The predicted octanol–water partition coefficient (Wildman–Crippen LogP) is 2.91. The zero-order valence-corrected chi connectivity index (χ0v) is 15.6. The Bertz CT molecular complexity index is 644. The van der Waals surface area contributed by atoms with E-state index in [0.29, 0.717) is 19.7 Å². The molecule has 2 fully saturated rings. The third kappa shape index (κ3) is 4.46. The molecule has 0 saturated carbocycles. The molecule has 3 amide bonds. The average molecular weight is 361 g/mol. The monoisotopic (exact) mass is 361 g/mol. The molecule has 1 N–H and O–H groups in total. The minimum atomic E-state index is -0.534. The van der Waals surface area contributed by atoms with Crippen LogP contribution in [0.1, 0.15) is 39.2 Å². The maximum absolute atomic E-state index is 12.7. The number of rotatable bonds is 5. The van der Waals surface area contributed by atoms with E-state index >= 15 is 0 Å². The maximum atomic E-state index is 12.7. The number of hydroxylamine groups is 2. The number of nitrogens with zero attached hydrogens (tertiary/aromatic N) is 2. The molecule has 2 saturated heterocycles. The molecule has 2 aliphatic rings. The Morgan fingerprint density at radius 3 is 2.65 bits per heavy atom. The van der Waals surface area contributed by atoms with E-state index in [1.807, 2.05) is 51.1 Å². The van der Waals surface area contributed by atoms with Gasteiger partial charge in [-0.25, -0.2) is 9.59 Å². The second-order valence-electron chi connectivity index (χ2n) is 7.79. The predicted molar refractivity (Wildman–Crippen MR) is 96.2 cm³/mol. The topological polar surface area (TPSA) is 71.1 Å². The quantitative estimate of drug-likeness (QED) is 0.875. The molecule has 142 valence electrons. The number of nitrogens with one attached hydrogen (secondary N) is 1. The van der Waals surface area contributed by atoms with Gasteiger partial charge in [-0.1, -0.05) is 30.3 Å². The fourth-order valence-electron chi connectivity index (χ4n) is 3.32. The Labute approximate surface area is 154 Å². The van der Waals surface area contributed by atoms with E-state index < -0.39 is 11.7 Å². The lowest BCUT2D eigenvalue weighted by Crippen LogP contribution is -2.47. The molecule has 2 aliphatic heterocycles. The molecule has 2 atom stereocenters. The Morgan fingerprint density at radius 2 is 1.96 bits per heavy atom. The van der Waals surface area contributed by atoms with Gasteiger partial charge in [-0.05, 0) is 39.2 Å². The molecular formula is C19H27N3O4. The summed E-state index contributed by atoms with van der Waals surface area (Å²) in [6, 6.07) is 9.71. The first-order valence-electron chi connectivity index (χ1n) is 9.07. The fraction of sp³-hybridized carbons (Fsp3) is 0.579. The van der Waals surface area contributed by atoms with Gasteiger partial charge in [0.2, 0.25) is 0 Å². The summed E-state index contributed by atoms with van der Waals surface area (Å²) in [5.41, 5.74) is 0.493. The lowest BCUT2D eigenvalue weighted by Gasteiger charge is -2.30. The largest absolute Gasteiger partial charge is 0.444 e. The molecule has 0 aliphatic carbocycles. The minimum absolute atomic E-state index is 0.0309. The van der Waals surface area contributed by atoms with Crippen molar-refractivity contribution in [2.45, 2.75) is 57.9 Å². The van der Waals surface area contributed by atoms with Crippen molar-refractivity contribution in [3.63, 3.8) is 0 Å². The van der Waals surface area contributed by atoms with Gasteiger partial charge in [0, 0.05) is 13.1 Å².